The van der Waals surface area contributed by atoms with Crippen molar-refractivity contribution in [3.8, 4) is 55.6 Å². The number of benzene rings is 10. The van der Waals surface area contributed by atoms with Crippen LogP contribution in [-0.4, -0.2) is 0 Å². The highest BCUT2D eigenvalue weighted by Crippen LogP contribution is 2.55. The largest absolute Gasteiger partial charge is 0.309 e. The van der Waals surface area contributed by atoms with Gasteiger partial charge in [0.1, 0.15) is 0 Å². The van der Waals surface area contributed by atoms with E-state index >= 15 is 0 Å². The SMILES string of the molecule is CC1(C)c2ccccc2-c2cccc(-c3ccccc3N(c3ccc4c(ccc5ccccc54)c3)c3cccc(-c4ccccc4)c3-c3ccccc3-c3ccccc3)c21. The van der Waals surface area contributed by atoms with Crippen LogP contribution in [-0.2, 0) is 5.41 Å². The molecule has 1 nitrogen and oxygen atoms in total. The Kier molecular flexibility index (Phi) is 8.57. The van der Waals surface area contributed by atoms with Crippen LogP contribution in [0.15, 0.2) is 224 Å². The van der Waals surface area contributed by atoms with Crippen LogP contribution in [0.2, 0.25) is 0 Å². The maximum Gasteiger partial charge on any atom is 0.0546 e. The highest BCUT2D eigenvalue weighted by molar-refractivity contribution is 6.10. The fourth-order valence-corrected chi connectivity index (χ4v) is 9.95. The summed E-state index contributed by atoms with van der Waals surface area (Å²) in [5.41, 5.74) is 18.1. The number of nitrogens with zero attached hydrogens (tertiary/aromatic N) is 1. The first kappa shape index (κ1) is 35.7. The molecule has 60 heavy (non-hydrogen) atoms. The molecule has 284 valence electrons. The van der Waals surface area contributed by atoms with Gasteiger partial charge < -0.3 is 4.90 Å². The van der Waals surface area contributed by atoms with Crippen molar-refractivity contribution in [1.82, 2.24) is 0 Å². The molecule has 1 aliphatic carbocycles. The summed E-state index contributed by atoms with van der Waals surface area (Å²) >= 11 is 0. The first-order valence-electron chi connectivity index (χ1n) is 20.9. The highest BCUT2D eigenvalue weighted by atomic mass is 15.1. The molecule has 10 aromatic rings. The van der Waals surface area contributed by atoms with Crippen LogP contribution in [0, 0.1) is 0 Å². The van der Waals surface area contributed by atoms with Crippen molar-refractivity contribution in [2.45, 2.75) is 19.3 Å². The second-order valence-electron chi connectivity index (χ2n) is 16.4. The molecule has 10 aromatic carbocycles. The Morgan fingerprint density at radius 2 is 0.850 bits per heavy atom. The third kappa shape index (κ3) is 5.77. The molecule has 0 radical (unpaired) electrons. The summed E-state index contributed by atoms with van der Waals surface area (Å²) in [7, 11) is 0. The Morgan fingerprint density at radius 3 is 1.63 bits per heavy atom. The van der Waals surface area contributed by atoms with Gasteiger partial charge >= 0.3 is 0 Å². The van der Waals surface area contributed by atoms with Crippen molar-refractivity contribution in [2.75, 3.05) is 4.90 Å². The number of fused-ring (bicyclic) bond motifs is 6. The molecule has 0 amide bonds. The van der Waals surface area contributed by atoms with Crippen molar-refractivity contribution in [2.24, 2.45) is 0 Å². The quantitative estimate of drug-likeness (QED) is 0.146. The van der Waals surface area contributed by atoms with E-state index in [1.54, 1.807) is 0 Å². The molecule has 0 aliphatic heterocycles. The molecule has 0 aromatic heterocycles. The Balaban J connectivity index is 1.23. The molecule has 0 fully saturated rings. The fraction of sp³-hybridized carbons (Fsp3) is 0.0508. The van der Waals surface area contributed by atoms with Crippen LogP contribution in [0.1, 0.15) is 25.0 Å². The number of para-hydroxylation sites is 1. The van der Waals surface area contributed by atoms with Crippen LogP contribution < -0.4 is 4.90 Å². The molecule has 0 heterocycles. The number of hydrogen-bond acceptors (Lipinski definition) is 1. The average Bonchev–Trinajstić information content (AvgIpc) is 3.55. The maximum atomic E-state index is 2.53. The van der Waals surface area contributed by atoms with Crippen LogP contribution in [0.5, 0.6) is 0 Å². The summed E-state index contributed by atoms with van der Waals surface area (Å²) in [6.45, 7) is 4.77. The van der Waals surface area contributed by atoms with E-state index in [9.17, 15) is 0 Å². The molecule has 0 N–H and O–H groups in total. The van der Waals surface area contributed by atoms with E-state index in [-0.39, 0.29) is 5.41 Å². The van der Waals surface area contributed by atoms with E-state index in [4.69, 9.17) is 0 Å². The summed E-state index contributed by atoms with van der Waals surface area (Å²) in [5, 5.41) is 4.96. The van der Waals surface area contributed by atoms with Crippen molar-refractivity contribution in [1.29, 1.82) is 0 Å². The van der Waals surface area contributed by atoms with Crippen LogP contribution in [0.25, 0.3) is 77.2 Å². The molecule has 1 heteroatoms. The Labute approximate surface area is 352 Å². The minimum Gasteiger partial charge on any atom is -0.309 e. The molecular weight excluding hydrogens is 723 g/mol. The Morgan fingerprint density at radius 1 is 0.333 bits per heavy atom. The Hall–Kier alpha value is -7.48. The first-order chi connectivity index (χ1) is 29.6. The summed E-state index contributed by atoms with van der Waals surface area (Å²) in [6.07, 6.45) is 0. The molecule has 0 bridgehead atoms. The molecule has 0 unspecified atom stereocenters. The van der Waals surface area contributed by atoms with Gasteiger partial charge in [-0.25, -0.2) is 0 Å². The van der Waals surface area contributed by atoms with Gasteiger partial charge in [0.25, 0.3) is 0 Å². The lowest BCUT2D eigenvalue weighted by atomic mass is 9.78. The summed E-state index contributed by atoms with van der Waals surface area (Å²) in [5.74, 6) is 0. The lowest BCUT2D eigenvalue weighted by Gasteiger charge is -2.33. The lowest BCUT2D eigenvalue weighted by Crippen LogP contribution is -2.17. The topological polar surface area (TPSA) is 3.24 Å². The highest BCUT2D eigenvalue weighted by Gasteiger charge is 2.38. The van der Waals surface area contributed by atoms with Gasteiger partial charge in [-0.3, -0.25) is 0 Å². The zero-order valence-electron chi connectivity index (χ0n) is 33.8. The number of anilines is 3. The molecule has 1 aliphatic rings. The van der Waals surface area contributed by atoms with Crippen LogP contribution >= 0.6 is 0 Å². The fourth-order valence-electron chi connectivity index (χ4n) is 9.95. The van der Waals surface area contributed by atoms with E-state index in [2.05, 4.69) is 243 Å². The molecule has 0 saturated heterocycles. The summed E-state index contributed by atoms with van der Waals surface area (Å²) in [6, 6.07) is 82.5. The molecular formula is C59H43N. The van der Waals surface area contributed by atoms with Crippen LogP contribution in [0.3, 0.4) is 0 Å². The third-order valence-corrected chi connectivity index (χ3v) is 12.7. The molecule has 0 saturated carbocycles. The minimum absolute atomic E-state index is 0.183. The first-order valence-corrected chi connectivity index (χ1v) is 20.9. The average molecular weight is 766 g/mol. The molecule has 0 spiro atoms. The molecule has 0 atom stereocenters. The van der Waals surface area contributed by atoms with Gasteiger partial charge in [0, 0.05) is 22.2 Å². The van der Waals surface area contributed by atoms with E-state index < -0.39 is 0 Å². The Bertz CT molecular complexity index is 3230. The zero-order valence-corrected chi connectivity index (χ0v) is 33.8. The predicted molar refractivity (Wildman–Crippen MR) is 255 cm³/mol. The van der Waals surface area contributed by atoms with Crippen molar-refractivity contribution < 1.29 is 0 Å². The van der Waals surface area contributed by atoms with Crippen molar-refractivity contribution >= 4 is 38.6 Å². The van der Waals surface area contributed by atoms with Gasteiger partial charge in [0.2, 0.25) is 0 Å². The van der Waals surface area contributed by atoms with E-state index in [1.807, 2.05) is 0 Å². The van der Waals surface area contributed by atoms with Gasteiger partial charge in [-0.1, -0.05) is 214 Å². The van der Waals surface area contributed by atoms with Gasteiger partial charge in [0.15, 0.2) is 0 Å². The monoisotopic (exact) mass is 765 g/mol. The molecule has 11 rings (SSSR count). The summed E-state index contributed by atoms with van der Waals surface area (Å²) < 4.78 is 0. The van der Waals surface area contributed by atoms with Crippen molar-refractivity contribution in [3.05, 3.63) is 236 Å². The minimum atomic E-state index is -0.183. The number of rotatable bonds is 7. The smallest absolute Gasteiger partial charge is 0.0546 e. The zero-order chi connectivity index (χ0) is 40.2. The van der Waals surface area contributed by atoms with Crippen LogP contribution in [0.4, 0.5) is 17.1 Å². The number of hydrogen-bond donors (Lipinski definition) is 0. The van der Waals surface area contributed by atoms with Gasteiger partial charge in [-0.2, -0.15) is 0 Å². The van der Waals surface area contributed by atoms with Gasteiger partial charge in [-0.05, 0) is 101 Å². The standard InChI is InChI=1S/C59H43N/c1-59(2)54-32-15-13-26-49(54)52-30-17-31-53(58(52)59)50-27-14-16-33-55(50)60(44-37-38-47-43(39-44)36-35-42-23-9-10-24-45(42)47)56-34-18-29-48(41-21-7-4-8-22-41)57(56)51-28-12-11-25-46(51)40-19-5-3-6-20-40/h3-39H,1-2H3. The van der Waals surface area contributed by atoms with Gasteiger partial charge in [0.05, 0.1) is 11.4 Å². The van der Waals surface area contributed by atoms with E-state index in [0.29, 0.717) is 0 Å². The lowest BCUT2D eigenvalue weighted by molar-refractivity contribution is 0.662. The van der Waals surface area contributed by atoms with Crippen molar-refractivity contribution in [3.63, 3.8) is 0 Å². The third-order valence-electron chi connectivity index (χ3n) is 12.7. The van der Waals surface area contributed by atoms with E-state index in [0.717, 1.165) is 17.1 Å². The predicted octanol–water partition coefficient (Wildman–Crippen LogP) is 16.4. The summed E-state index contributed by atoms with van der Waals surface area (Å²) in [4.78, 5) is 2.53. The normalized spacial score (nSPS) is 12.6. The second kappa shape index (κ2) is 14.4. The van der Waals surface area contributed by atoms with Gasteiger partial charge in [-0.15, -0.1) is 0 Å². The second-order valence-corrected chi connectivity index (χ2v) is 16.4. The maximum absolute atomic E-state index is 2.53. The van der Waals surface area contributed by atoms with E-state index in [1.165, 1.54) is 88.3 Å².